The molecule has 3 aromatic heterocycles. The molecule has 4 heteroatoms. The summed E-state index contributed by atoms with van der Waals surface area (Å²) in [5.74, 6) is 0.759. The number of fused-ring (bicyclic) bond motifs is 6. The molecule has 0 spiro atoms. The van der Waals surface area contributed by atoms with Gasteiger partial charge in [0.15, 0.2) is 5.82 Å². The molecule has 0 aliphatic rings. The van der Waals surface area contributed by atoms with Crippen LogP contribution < -0.4 is 0 Å². The Labute approximate surface area is 192 Å². The SMILES string of the molecule is c1ccc2c(c1)sc1ccc(-c3ccnc(-c4ccc5sc6ccccc6c5c4)n3)cc12. The van der Waals surface area contributed by atoms with E-state index >= 15 is 0 Å². The van der Waals surface area contributed by atoms with Crippen LogP contribution in [0.4, 0.5) is 0 Å². The molecule has 32 heavy (non-hydrogen) atoms. The predicted octanol–water partition coefficient (Wildman–Crippen LogP) is 8.55. The highest BCUT2D eigenvalue weighted by Gasteiger charge is 2.11. The van der Waals surface area contributed by atoms with E-state index < -0.39 is 0 Å². The van der Waals surface area contributed by atoms with Crippen LogP contribution in [0.15, 0.2) is 97.2 Å². The van der Waals surface area contributed by atoms with Gasteiger partial charge in [-0.15, -0.1) is 22.7 Å². The lowest BCUT2D eigenvalue weighted by Gasteiger charge is -2.05. The second-order valence-corrected chi connectivity index (χ2v) is 10.1. The third kappa shape index (κ3) is 2.77. The molecule has 7 rings (SSSR count). The molecule has 150 valence electrons. The van der Waals surface area contributed by atoms with Gasteiger partial charge in [-0.3, -0.25) is 0 Å². The van der Waals surface area contributed by atoms with E-state index in [1.54, 1.807) is 0 Å². The quantitative estimate of drug-likeness (QED) is 0.267. The van der Waals surface area contributed by atoms with E-state index in [2.05, 4.69) is 89.9 Å². The second-order valence-electron chi connectivity index (χ2n) is 7.88. The standard InChI is InChI=1S/C28H16N2S2/c1-3-7-24-19(5-1)21-15-17(9-11-26(21)31-24)23-13-14-29-28(30-23)18-10-12-27-22(16-18)20-6-2-4-8-25(20)32-27/h1-16H. The summed E-state index contributed by atoms with van der Waals surface area (Å²) in [5, 5.41) is 5.15. The number of hydrogen-bond donors (Lipinski definition) is 0. The Hall–Kier alpha value is -3.60. The van der Waals surface area contributed by atoms with E-state index in [1.165, 1.54) is 40.3 Å². The summed E-state index contributed by atoms with van der Waals surface area (Å²) in [6, 6.07) is 32.3. The van der Waals surface area contributed by atoms with Crippen molar-refractivity contribution in [2.45, 2.75) is 0 Å². The van der Waals surface area contributed by atoms with Gasteiger partial charge in [0.25, 0.3) is 0 Å². The van der Waals surface area contributed by atoms with Gasteiger partial charge in [0.2, 0.25) is 0 Å². The third-order valence-corrected chi connectivity index (χ3v) is 8.27. The van der Waals surface area contributed by atoms with Gasteiger partial charge in [0.1, 0.15) is 0 Å². The van der Waals surface area contributed by atoms with E-state index in [4.69, 9.17) is 4.98 Å². The molecule has 3 heterocycles. The number of rotatable bonds is 2. The van der Waals surface area contributed by atoms with Crippen LogP contribution in [0.5, 0.6) is 0 Å². The van der Waals surface area contributed by atoms with Crippen molar-refractivity contribution in [3.63, 3.8) is 0 Å². The van der Waals surface area contributed by atoms with Crippen molar-refractivity contribution in [3.05, 3.63) is 97.2 Å². The zero-order valence-corrected chi connectivity index (χ0v) is 18.6. The van der Waals surface area contributed by atoms with Crippen molar-refractivity contribution in [2.75, 3.05) is 0 Å². The first-order valence-corrected chi connectivity index (χ1v) is 12.1. The Morgan fingerprint density at radius 1 is 0.500 bits per heavy atom. The maximum absolute atomic E-state index is 4.95. The van der Waals surface area contributed by atoms with Gasteiger partial charge in [0.05, 0.1) is 5.69 Å². The minimum absolute atomic E-state index is 0.759. The zero-order valence-electron chi connectivity index (χ0n) is 16.9. The Balaban J connectivity index is 1.37. The van der Waals surface area contributed by atoms with Gasteiger partial charge in [-0.2, -0.15) is 0 Å². The van der Waals surface area contributed by atoms with Crippen LogP contribution in [0, 0.1) is 0 Å². The molecule has 0 unspecified atom stereocenters. The Kier molecular flexibility index (Phi) is 3.92. The molecular formula is C28H16N2S2. The minimum atomic E-state index is 0.759. The molecule has 0 aliphatic heterocycles. The van der Waals surface area contributed by atoms with Crippen molar-refractivity contribution in [1.29, 1.82) is 0 Å². The van der Waals surface area contributed by atoms with Crippen molar-refractivity contribution in [2.24, 2.45) is 0 Å². The van der Waals surface area contributed by atoms with Crippen LogP contribution in [0.2, 0.25) is 0 Å². The Morgan fingerprint density at radius 3 is 1.75 bits per heavy atom. The number of hydrogen-bond acceptors (Lipinski definition) is 4. The molecule has 0 radical (unpaired) electrons. The average Bonchev–Trinajstić information content (AvgIpc) is 3.41. The summed E-state index contributed by atoms with van der Waals surface area (Å²) >= 11 is 3.67. The highest BCUT2D eigenvalue weighted by molar-refractivity contribution is 7.26. The molecule has 0 saturated carbocycles. The molecule has 0 amide bonds. The van der Waals surface area contributed by atoms with Gasteiger partial charge in [-0.05, 0) is 48.5 Å². The van der Waals surface area contributed by atoms with E-state index in [9.17, 15) is 0 Å². The fourth-order valence-corrected chi connectivity index (χ4v) is 6.58. The second kappa shape index (κ2) is 6.95. The fraction of sp³-hybridized carbons (Fsp3) is 0. The molecule has 0 atom stereocenters. The minimum Gasteiger partial charge on any atom is -0.237 e. The Bertz CT molecular complexity index is 1660. The summed E-state index contributed by atoms with van der Waals surface area (Å²) < 4.78 is 5.23. The maximum atomic E-state index is 4.95. The van der Waals surface area contributed by atoms with Crippen LogP contribution in [-0.2, 0) is 0 Å². The zero-order chi connectivity index (χ0) is 21.1. The normalized spacial score (nSPS) is 11.8. The maximum Gasteiger partial charge on any atom is 0.159 e. The fourth-order valence-electron chi connectivity index (χ4n) is 4.41. The lowest BCUT2D eigenvalue weighted by molar-refractivity contribution is 1.18. The van der Waals surface area contributed by atoms with Gasteiger partial charge in [-0.1, -0.05) is 42.5 Å². The highest BCUT2D eigenvalue weighted by Crippen LogP contribution is 2.37. The first kappa shape index (κ1) is 18.0. The summed E-state index contributed by atoms with van der Waals surface area (Å²) in [7, 11) is 0. The predicted molar refractivity (Wildman–Crippen MR) is 139 cm³/mol. The molecule has 0 N–H and O–H groups in total. The first-order valence-electron chi connectivity index (χ1n) is 10.5. The molecule has 7 aromatic rings. The van der Waals surface area contributed by atoms with Crippen LogP contribution in [0.1, 0.15) is 0 Å². The van der Waals surface area contributed by atoms with Gasteiger partial charge in [-0.25, -0.2) is 9.97 Å². The monoisotopic (exact) mass is 444 g/mol. The average molecular weight is 445 g/mol. The van der Waals surface area contributed by atoms with Crippen molar-refractivity contribution in [1.82, 2.24) is 9.97 Å². The number of aromatic nitrogens is 2. The number of benzene rings is 4. The van der Waals surface area contributed by atoms with Crippen LogP contribution in [0.3, 0.4) is 0 Å². The summed E-state index contributed by atoms with van der Waals surface area (Å²) in [6.07, 6.45) is 1.86. The molecule has 0 fully saturated rings. The molecule has 4 aromatic carbocycles. The Morgan fingerprint density at radius 2 is 1.06 bits per heavy atom. The van der Waals surface area contributed by atoms with Crippen LogP contribution in [-0.4, -0.2) is 9.97 Å². The van der Waals surface area contributed by atoms with Crippen LogP contribution in [0.25, 0.3) is 63.0 Å². The van der Waals surface area contributed by atoms with E-state index in [0.717, 1.165) is 22.6 Å². The lowest BCUT2D eigenvalue weighted by Crippen LogP contribution is -1.91. The number of nitrogens with zero attached hydrogens (tertiary/aromatic N) is 2. The third-order valence-electron chi connectivity index (χ3n) is 5.96. The molecular weight excluding hydrogens is 428 g/mol. The van der Waals surface area contributed by atoms with Crippen molar-refractivity contribution < 1.29 is 0 Å². The van der Waals surface area contributed by atoms with E-state index in [-0.39, 0.29) is 0 Å². The number of thiophene rings is 2. The summed E-state index contributed by atoms with van der Waals surface area (Å²) in [5.41, 5.74) is 3.11. The smallest absolute Gasteiger partial charge is 0.159 e. The van der Waals surface area contributed by atoms with E-state index in [1.807, 2.05) is 34.9 Å². The van der Waals surface area contributed by atoms with Crippen molar-refractivity contribution in [3.8, 4) is 22.6 Å². The topological polar surface area (TPSA) is 25.8 Å². The lowest BCUT2D eigenvalue weighted by atomic mass is 10.1. The summed E-state index contributed by atoms with van der Waals surface area (Å²) in [6.45, 7) is 0. The highest BCUT2D eigenvalue weighted by atomic mass is 32.1. The van der Waals surface area contributed by atoms with E-state index in [0.29, 0.717) is 0 Å². The van der Waals surface area contributed by atoms with Gasteiger partial charge < -0.3 is 0 Å². The molecule has 0 bridgehead atoms. The molecule has 2 nitrogen and oxygen atoms in total. The largest absolute Gasteiger partial charge is 0.237 e. The first-order chi connectivity index (χ1) is 15.8. The van der Waals surface area contributed by atoms with Crippen LogP contribution >= 0.6 is 22.7 Å². The molecule has 0 aliphatic carbocycles. The van der Waals surface area contributed by atoms with Gasteiger partial charge >= 0.3 is 0 Å². The molecule has 0 saturated heterocycles. The summed E-state index contributed by atoms with van der Waals surface area (Å²) in [4.78, 5) is 9.55. The van der Waals surface area contributed by atoms with Crippen molar-refractivity contribution >= 4 is 63.0 Å². The van der Waals surface area contributed by atoms with Gasteiger partial charge in [0, 0.05) is 57.7 Å².